The van der Waals surface area contributed by atoms with Gasteiger partial charge in [-0.1, -0.05) is 18.2 Å². The lowest BCUT2D eigenvalue weighted by atomic mass is 10.0. The van der Waals surface area contributed by atoms with Gasteiger partial charge in [-0.05, 0) is 93.1 Å². The zero-order valence-electron chi connectivity index (χ0n) is 23.9. The van der Waals surface area contributed by atoms with E-state index in [2.05, 4.69) is 10.3 Å². The third-order valence-corrected chi connectivity index (χ3v) is 9.91. The number of pyridine rings is 1. The normalized spacial score (nSPS) is 16.1. The Labute approximate surface area is 245 Å². The standard InChI is InChI=1S/C32H35FN4O4S/c1-4-41-23-12-14-27(33)26(19-23)30(36-22-11-13-24-21(18-22)15-16-35-31(24)34)32(38)37-17-7-9-28(37)25-8-5-6-10-29(25)42(39,40)20(2)3/h5-6,8,10-16,18-20,28,30,36H,4,7,9,17H2,1-3H3,(H2,34,35)/t28-,30-/m1/s1. The second kappa shape index (κ2) is 12.0. The van der Waals surface area contributed by atoms with Crippen molar-refractivity contribution < 1.29 is 22.3 Å². The van der Waals surface area contributed by atoms with Crippen LogP contribution in [0.25, 0.3) is 10.8 Å². The number of sulfone groups is 1. The molecule has 1 fully saturated rings. The largest absolute Gasteiger partial charge is 0.494 e. The molecule has 3 N–H and O–H groups in total. The molecular formula is C32H35FN4O4S. The molecule has 42 heavy (non-hydrogen) atoms. The molecule has 1 aliphatic rings. The number of anilines is 2. The minimum Gasteiger partial charge on any atom is -0.494 e. The van der Waals surface area contributed by atoms with Gasteiger partial charge in [-0.25, -0.2) is 17.8 Å². The van der Waals surface area contributed by atoms with Crippen LogP contribution in [0.15, 0.2) is 77.8 Å². The van der Waals surface area contributed by atoms with Crippen molar-refractivity contribution in [2.75, 3.05) is 24.2 Å². The maximum atomic E-state index is 15.5. The number of halogens is 1. The van der Waals surface area contributed by atoms with Crippen molar-refractivity contribution in [3.63, 3.8) is 0 Å². The lowest BCUT2D eigenvalue weighted by Crippen LogP contribution is -2.38. The van der Waals surface area contributed by atoms with Gasteiger partial charge < -0.3 is 20.7 Å². The number of hydrogen-bond donors (Lipinski definition) is 2. The average molecular weight is 591 g/mol. The van der Waals surface area contributed by atoms with Gasteiger partial charge in [0.05, 0.1) is 22.8 Å². The van der Waals surface area contributed by atoms with Gasteiger partial charge in [-0.3, -0.25) is 4.79 Å². The summed E-state index contributed by atoms with van der Waals surface area (Å²) in [6, 6.07) is 16.8. The van der Waals surface area contributed by atoms with Crippen LogP contribution in [0.2, 0.25) is 0 Å². The molecule has 1 aromatic heterocycles. The summed E-state index contributed by atoms with van der Waals surface area (Å²) in [6.45, 7) is 5.91. The minimum absolute atomic E-state index is 0.133. The maximum Gasteiger partial charge on any atom is 0.250 e. The first kappa shape index (κ1) is 29.3. The van der Waals surface area contributed by atoms with E-state index in [4.69, 9.17) is 10.5 Å². The zero-order chi connectivity index (χ0) is 30.0. The number of fused-ring (bicyclic) bond motifs is 1. The van der Waals surface area contributed by atoms with Crippen molar-refractivity contribution in [1.29, 1.82) is 0 Å². The first-order valence-electron chi connectivity index (χ1n) is 14.1. The molecule has 2 heterocycles. The molecule has 4 aromatic rings. The molecule has 0 bridgehead atoms. The van der Waals surface area contributed by atoms with Crippen LogP contribution in [0.1, 0.15) is 56.8 Å². The predicted molar refractivity (Wildman–Crippen MR) is 163 cm³/mol. The van der Waals surface area contributed by atoms with Gasteiger partial charge in [0.25, 0.3) is 0 Å². The van der Waals surface area contributed by atoms with E-state index < -0.39 is 33.0 Å². The van der Waals surface area contributed by atoms with Gasteiger partial charge in [0.15, 0.2) is 9.84 Å². The molecule has 220 valence electrons. The number of hydrogen-bond acceptors (Lipinski definition) is 7. The average Bonchev–Trinajstić information content (AvgIpc) is 3.47. The van der Waals surface area contributed by atoms with Crippen molar-refractivity contribution in [3.05, 3.63) is 89.9 Å². The molecule has 0 saturated carbocycles. The predicted octanol–water partition coefficient (Wildman–Crippen LogP) is 6.05. The van der Waals surface area contributed by atoms with Crippen molar-refractivity contribution >= 4 is 38.0 Å². The number of nitrogens with one attached hydrogen (secondary N) is 1. The van der Waals surface area contributed by atoms with E-state index in [1.54, 1.807) is 67.4 Å². The summed E-state index contributed by atoms with van der Waals surface area (Å²) in [5.41, 5.74) is 7.33. The summed E-state index contributed by atoms with van der Waals surface area (Å²) >= 11 is 0. The lowest BCUT2D eigenvalue weighted by molar-refractivity contribution is -0.133. The third-order valence-electron chi connectivity index (χ3n) is 7.68. The summed E-state index contributed by atoms with van der Waals surface area (Å²) in [7, 11) is -3.60. The van der Waals surface area contributed by atoms with Gasteiger partial charge in [-0.15, -0.1) is 0 Å². The fourth-order valence-electron chi connectivity index (χ4n) is 5.52. The summed E-state index contributed by atoms with van der Waals surface area (Å²) < 4.78 is 47.6. The molecule has 8 nitrogen and oxygen atoms in total. The fraction of sp³-hybridized carbons (Fsp3) is 0.312. The smallest absolute Gasteiger partial charge is 0.250 e. The first-order valence-corrected chi connectivity index (χ1v) is 15.6. The quantitative estimate of drug-likeness (QED) is 0.244. The Morgan fingerprint density at radius 2 is 1.93 bits per heavy atom. The Morgan fingerprint density at radius 3 is 2.69 bits per heavy atom. The number of carbonyl (C=O) groups is 1. The van der Waals surface area contributed by atoms with E-state index in [-0.39, 0.29) is 16.4 Å². The summed E-state index contributed by atoms with van der Waals surface area (Å²) in [5.74, 6) is -0.0949. The number of nitrogens with two attached hydrogens (primary N) is 1. The highest BCUT2D eigenvalue weighted by Crippen LogP contribution is 2.39. The second-order valence-corrected chi connectivity index (χ2v) is 13.1. The topological polar surface area (TPSA) is 115 Å². The van der Waals surface area contributed by atoms with Crippen molar-refractivity contribution in [2.45, 2.75) is 55.8 Å². The van der Waals surface area contributed by atoms with Crippen LogP contribution in [0.4, 0.5) is 15.9 Å². The molecule has 5 rings (SSSR count). The number of nitrogen functional groups attached to an aromatic ring is 1. The third kappa shape index (κ3) is 5.63. The van der Waals surface area contributed by atoms with Gasteiger partial charge in [0, 0.05) is 29.4 Å². The Hall–Kier alpha value is -4.18. The lowest BCUT2D eigenvalue weighted by Gasteiger charge is -2.31. The highest BCUT2D eigenvalue weighted by Gasteiger charge is 2.38. The van der Waals surface area contributed by atoms with Crippen molar-refractivity contribution in [3.8, 4) is 5.75 Å². The van der Waals surface area contributed by atoms with Gasteiger partial charge in [0.1, 0.15) is 23.4 Å². The Balaban J connectivity index is 1.58. The van der Waals surface area contributed by atoms with Crippen molar-refractivity contribution in [2.24, 2.45) is 0 Å². The van der Waals surface area contributed by atoms with E-state index in [0.29, 0.717) is 48.8 Å². The Morgan fingerprint density at radius 1 is 1.14 bits per heavy atom. The van der Waals surface area contributed by atoms with E-state index in [0.717, 1.165) is 10.8 Å². The second-order valence-electron chi connectivity index (χ2n) is 10.6. The number of ether oxygens (including phenoxy) is 1. The molecule has 0 unspecified atom stereocenters. The molecule has 0 radical (unpaired) electrons. The van der Waals surface area contributed by atoms with Gasteiger partial charge in [-0.2, -0.15) is 0 Å². The van der Waals surface area contributed by atoms with Gasteiger partial charge >= 0.3 is 0 Å². The van der Waals surface area contributed by atoms with Crippen LogP contribution < -0.4 is 15.8 Å². The summed E-state index contributed by atoms with van der Waals surface area (Å²) in [5, 5.41) is 4.22. The first-order chi connectivity index (χ1) is 20.1. The van der Waals surface area contributed by atoms with Gasteiger partial charge in [0.2, 0.25) is 5.91 Å². The van der Waals surface area contributed by atoms with E-state index in [9.17, 15) is 13.2 Å². The highest BCUT2D eigenvalue weighted by atomic mass is 32.2. The number of benzene rings is 3. The highest BCUT2D eigenvalue weighted by molar-refractivity contribution is 7.92. The SMILES string of the molecule is CCOc1ccc(F)c([C@@H](Nc2ccc3c(N)nccc3c2)C(=O)N2CCC[C@@H]2c2ccccc2S(=O)(=O)C(C)C)c1. The molecule has 1 saturated heterocycles. The molecule has 3 aromatic carbocycles. The van der Waals surface area contributed by atoms with Crippen LogP contribution in [-0.4, -0.2) is 42.6 Å². The van der Waals surface area contributed by atoms with Crippen LogP contribution in [0, 0.1) is 5.82 Å². The summed E-state index contributed by atoms with van der Waals surface area (Å²) in [4.78, 5) is 20.5. The maximum absolute atomic E-state index is 15.5. The van der Waals surface area contributed by atoms with E-state index in [1.807, 2.05) is 19.1 Å². The number of amides is 1. The van der Waals surface area contributed by atoms with Crippen LogP contribution >= 0.6 is 0 Å². The monoisotopic (exact) mass is 590 g/mol. The Bertz CT molecular complexity index is 1730. The van der Waals surface area contributed by atoms with Crippen LogP contribution in [0.3, 0.4) is 0 Å². The Kier molecular flexibility index (Phi) is 8.36. The van der Waals surface area contributed by atoms with E-state index >= 15 is 4.39 Å². The molecule has 0 aliphatic carbocycles. The zero-order valence-corrected chi connectivity index (χ0v) is 24.7. The molecular weight excluding hydrogens is 555 g/mol. The molecule has 0 spiro atoms. The number of likely N-dealkylation sites (tertiary alicyclic amines) is 1. The molecule has 2 atom stereocenters. The van der Waals surface area contributed by atoms with Crippen LogP contribution in [0.5, 0.6) is 5.75 Å². The summed E-state index contributed by atoms with van der Waals surface area (Å²) in [6.07, 6.45) is 2.88. The van der Waals surface area contributed by atoms with E-state index in [1.165, 1.54) is 12.1 Å². The fourth-order valence-corrected chi connectivity index (χ4v) is 6.83. The molecule has 10 heteroatoms. The number of carbonyl (C=O) groups excluding carboxylic acids is 1. The molecule has 1 amide bonds. The number of rotatable bonds is 9. The number of aromatic nitrogens is 1. The van der Waals surface area contributed by atoms with Crippen molar-refractivity contribution in [1.82, 2.24) is 9.88 Å². The number of nitrogens with zero attached hydrogens (tertiary/aromatic N) is 2. The minimum atomic E-state index is -3.60. The van der Waals surface area contributed by atoms with Crippen LogP contribution in [-0.2, 0) is 14.6 Å². The molecule has 1 aliphatic heterocycles.